The molecule has 2 aromatic carbocycles. The molecule has 0 saturated heterocycles. The van der Waals surface area contributed by atoms with Crippen molar-refractivity contribution in [2.24, 2.45) is 0 Å². The minimum absolute atomic E-state index is 0.0592. The number of halogens is 1. The van der Waals surface area contributed by atoms with E-state index in [-0.39, 0.29) is 18.6 Å². The Bertz CT molecular complexity index is 969. The number of ether oxygens (including phenoxy) is 1. The summed E-state index contributed by atoms with van der Waals surface area (Å²) in [5.41, 5.74) is -0.0770. The molecule has 0 fully saturated rings. The minimum Gasteiger partial charge on any atom is -0.492 e. The molecule has 144 valence electrons. The third-order valence-electron chi connectivity index (χ3n) is 4.35. The monoisotopic (exact) mass is 407 g/mol. The van der Waals surface area contributed by atoms with Gasteiger partial charge < -0.3 is 14.9 Å². The van der Waals surface area contributed by atoms with Crippen LogP contribution in [0.1, 0.15) is 6.42 Å². The Kier molecular flexibility index (Phi) is 7.04. The molecular formula is C20H22ClNO4S. The van der Waals surface area contributed by atoms with Crippen LogP contribution in [0.5, 0.6) is 5.75 Å². The molecule has 0 aliphatic carbocycles. The fourth-order valence-electron chi connectivity index (χ4n) is 3.04. The lowest BCUT2D eigenvalue weighted by molar-refractivity contribution is 0.153. The molecule has 0 aliphatic heterocycles. The van der Waals surface area contributed by atoms with Crippen molar-refractivity contribution in [2.45, 2.75) is 6.42 Å². The molecule has 0 atom stereocenters. The standard InChI is InChI=1S/C20H22ClNO4S/c21-15-6-7-16(26-13-3-8-22(9-11-23)10-12-24)20-18(15)19(25)14-4-1-2-5-17(14)27-20/h1-2,4-7,23-24H,3,8-13H2. The van der Waals surface area contributed by atoms with E-state index in [2.05, 4.69) is 0 Å². The molecule has 27 heavy (non-hydrogen) atoms. The smallest absolute Gasteiger partial charge is 0.197 e. The summed E-state index contributed by atoms with van der Waals surface area (Å²) in [6, 6.07) is 11.0. The van der Waals surface area contributed by atoms with E-state index in [1.807, 2.05) is 29.2 Å². The minimum atomic E-state index is -0.0770. The molecule has 0 unspecified atom stereocenters. The fraction of sp³-hybridized carbons (Fsp3) is 0.350. The predicted octanol–water partition coefficient (Wildman–Crippen LogP) is 3.12. The van der Waals surface area contributed by atoms with Crippen LogP contribution in [0, 0.1) is 0 Å². The van der Waals surface area contributed by atoms with Gasteiger partial charge in [-0.1, -0.05) is 23.7 Å². The molecule has 0 saturated carbocycles. The van der Waals surface area contributed by atoms with Crippen LogP contribution in [0.25, 0.3) is 20.2 Å². The zero-order valence-corrected chi connectivity index (χ0v) is 16.4. The molecular weight excluding hydrogens is 386 g/mol. The van der Waals surface area contributed by atoms with E-state index in [4.69, 9.17) is 26.6 Å². The molecule has 1 aromatic heterocycles. The van der Waals surface area contributed by atoms with Gasteiger partial charge in [-0.15, -0.1) is 11.3 Å². The fourth-order valence-corrected chi connectivity index (χ4v) is 4.51. The summed E-state index contributed by atoms with van der Waals surface area (Å²) in [4.78, 5) is 14.8. The highest BCUT2D eigenvalue weighted by molar-refractivity contribution is 7.25. The Hall–Kier alpha value is -1.70. The molecule has 0 amide bonds. The second-order valence-electron chi connectivity index (χ2n) is 6.17. The van der Waals surface area contributed by atoms with Gasteiger partial charge >= 0.3 is 0 Å². The van der Waals surface area contributed by atoms with Crippen LogP contribution in [0.3, 0.4) is 0 Å². The van der Waals surface area contributed by atoms with Crippen LogP contribution >= 0.6 is 22.9 Å². The van der Waals surface area contributed by atoms with Crippen molar-refractivity contribution in [1.82, 2.24) is 4.90 Å². The van der Waals surface area contributed by atoms with Crippen LogP contribution in [0.15, 0.2) is 41.2 Å². The molecule has 5 nitrogen and oxygen atoms in total. The van der Waals surface area contributed by atoms with Crippen molar-refractivity contribution in [1.29, 1.82) is 0 Å². The van der Waals surface area contributed by atoms with Crippen molar-refractivity contribution in [3.8, 4) is 5.75 Å². The lowest BCUT2D eigenvalue weighted by Crippen LogP contribution is -2.31. The van der Waals surface area contributed by atoms with E-state index in [1.54, 1.807) is 12.1 Å². The second-order valence-corrected chi connectivity index (χ2v) is 7.63. The zero-order chi connectivity index (χ0) is 19.2. The van der Waals surface area contributed by atoms with E-state index in [0.29, 0.717) is 47.8 Å². The SMILES string of the molecule is O=c1c2ccccc2sc2c(OCCCN(CCO)CCO)ccc(Cl)c12. The molecule has 1 heterocycles. The highest BCUT2D eigenvalue weighted by Gasteiger charge is 2.13. The Morgan fingerprint density at radius 3 is 2.52 bits per heavy atom. The van der Waals surface area contributed by atoms with Gasteiger partial charge in [0, 0.05) is 29.7 Å². The molecule has 3 rings (SSSR count). The van der Waals surface area contributed by atoms with Crippen molar-refractivity contribution in [2.75, 3.05) is 39.5 Å². The maximum absolute atomic E-state index is 12.8. The van der Waals surface area contributed by atoms with Crippen LogP contribution in [0.2, 0.25) is 5.02 Å². The first-order chi connectivity index (χ1) is 13.2. The summed E-state index contributed by atoms with van der Waals surface area (Å²) in [6.07, 6.45) is 0.743. The van der Waals surface area contributed by atoms with Crippen molar-refractivity contribution in [3.63, 3.8) is 0 Å². The van der Waals surface area contributed by atoms with Crippen molar-refractivity contribution < 1.29 is 14.9 Å². The zero-order valence-electron chi connectivity index (χ0n) is 14.9. The summed E-state index contributed by atoms with van der Waals surface area (Å²) in [6.45, 7) is 2.35. The first-order valence-corrected chi connectivity index (χ1v) is 10.1. The highest BCUT2D eigenvalue weighted by atomic mass is 35.5. The quantitative estimate of drug-likeness (QED) is 0.421. The van der Waals surface area contributed by atoms with Gasteiger partial charge in [-0.2, -0.15) is 0 Å². The number of hydrogen-bond acceptors (Lipinski definition) is 6. The van der Waals surface area contributed by atoms with Crippen LogP contribution in [-0.4, -0.2) is 54.6 Å². The highest BCUT2D eigenvalue weighted by Crippen LogP contribution is 2.35. The van der Waals surface area contributed by atoms with Gasteiger partial charge in [0.2, 0.25) is 0 Å². The third-order valence-corrected chi connectivity index (χ3v) is 5.85. The Morgan fingerprint density at radius 1 is 1.04 bits per heavy atom. The average Bonchev–Trinajstić information content (AvgIpc) is 2.67. The van der Waals surface area contributed by atoms with Gasteiger partial charge in [0.1, 0.15) is 5.75 Å². The van der Waals surface area contributed by atoms with Gasteiger partial charge in [-0.25, -0.2) is 0 Å². The lowest BCUT2D eigenvalue weighted by Gasteiger charge is -2.20. The Morgan fingerprint density at radius 2 is 1.78 bits per heavy atom. The molecule has 0 spiro atoms. The summed E-state index contributed by atoms with van der Waals surface area (Å²) in [7, 11) is 0. The number of fused-ring (bicyclic) bond motifs is 2. The molecule has 0 aliphatic rings. The van der Waals surface area contributed by atoms with E-state index in [0.717, 1.165) is 15.8 Å². The molecule has 7 heteroatoms. The largest absolute Gasteiger partial charge is 0.492 e. The number of benzene rings is 2. The van der Waals surface area contributed by atoms with E-state index < -0.39 is 0 Å². The second kappa shape index (κ2) is 9.48. The van der Waals surface area contributed by atoms with E-state index >= 15 is 0 Å². The van der Waals surface area contributed by atoms with Gasteiger partial charge in [0.25, 0.3) is 0 Å². The number of aliphatic hydroxyl groups excluding tert-OH is 2. The molecule has 3 aromatic rings. The van der Waals surface area contributed by atoms with E-state index in [9.17, 15) is 4.79 Å². The topological polar surface area (TPSA) is 70.0 Å². The van der Waals surface area contributed by atoms with Gasteiger partial charge in [-0.3, -0.25) is 9.69 Å². The molecule has 2 N–H and O–H groups in total. The summed E-state index contributed by atoms with van der Waals surface area (Å²) in [5, 5.41) is 19.7. The van der Waals surface area contributed by atoms with Crippen molar-refractivity contribution >= 4 is 43.1 Å². The van der Waals surface area contributed by atoms with Gasteiger partial charge in [0.05, 0.1) is 34.9 Å². The summed E-state index contributed by atoms with van der Waals surface area (Å²) in [5.74, 6) is 0.651. The molecule has 0 bridgehead atoms. The normalized spacial score (nSPS) is 11.6. The Balaban J connectivity index is 1.81. The average molecular weight is 408 g/mol. The first kappa shape index (κ1) is 20.0. The number of rotatable bonds is 9. The lowest BCUT2D eigenvalue weighted by atomic mass is 10.2. The van der Waals surface area contributed by atoms with E-state index in [1.165, 1.54) is 11.3 Å². The summed E-state index contributed by atoms with van der Waals surface area (Å²) >= 11 is 7.81. The Labute approximate surface area is 166 Å². The molecule has 0 radical (unpaired) electrons. The maximum Gasteiger partial charge on any atom is 0.197 e. The van der Waals surface area contributed by atoms with Crippen LogP contribution < -0.4 is 10.2 Å². The van der Waals surface area contributed by atoms with Crippen LogP contribution in [0.4, 0.5) is 0 Å². The number of nitrogens with zero attached hydrogens (tertiary/aromatic N) is 1. The maximum atomic E-state index is 12.8. The number of aliphatic hydroxyl groups is 2. The first-order valence-electron chi connectivity index (χ1n) is 8.86. The number of hydrogen-bond donors (Lipinski definition) is 2. The van der Waals surface area contributed by atoms with Crippen molar-refractivity contribution in [3.05, 3.63) is 51.6 Å². The van der Waals surface area contributed by atoms with Crippen LogP contribution in [-0.2, 0) is 0 Å². The van der Waals surface area contributed by atoms with Gasteiger partial charge in [-0.05, 0) is 30.7 Å². The predicted molar refractivity (Wildman–Crippen MR) is 111 cm³/mol. The summed E-state index contributed by atoms with van der Waals surface area (Å²) < 4.78 is 7.61. The third kappa shape index (κ3) is 4.59. The van der Waals surface area contributed by atoms with Gasteiger partial charge in [0.15, 0.2) is 5.43 Å².